The largest absolute Gasteiger partial charge is 0.481 e. The molecule has 0 saturated heterocycles. The molecule has 98 valence electrons. The highest BCUT2D eigenvalue weighted by Gasteiger charge is 2.26. The molecular formula is C13H16BrNO3. The number of rotatable bonds is 5. The first kappa shape index (κ1) is 14.7. The molecule has 0 aromatic heterocycles. The van der Waals surface area contributed by atoms with Crippen LogP contribution in [0.5, 0.6) is 0 Å². The Bertz CT molecular complexity index is 440. The summed E-state index contributed by atoms with van der Waals surface area (Å²) in [6.45, 7) is 3.62. The highest BCUT2D eigenvalue weighted by molar-refractivity contribution is 9.10. The highest BCUT2D eigenvalue weighted by atomic mass is 79.9. The highest BCUT2D eigenvalue weighted by Crippen LogP contribution is 2.19. The molecule has 1 aromatic rings. The summed E-state index contributed by atoms with van der Waals surface area (Å²) in [6, 6.07) is 7.00. The topological polar surface area (TPSA) is 66.4 Å². The Morgan fingerprint density at radius 2 is 1.83 bits per heavy atom. The van der Waals surface area contributed by atoms with E-state index in [9.17, 15) is 9.59 Å². The van der Waals surface area contributed by atoms with E-state index in [1.54, 1.807) is 38.1 Å². The Labute approximate surface area is 115 Å². The molecule has 0 aliphatic carbocycles. The second-order valence-electron chi connectivity index (χ2n) is 4.70. The first-order valence-corrected chi connectivity index (χ1v) is 6.39. The zero-order valence-electron chi connectivity index (χ0n) is 10.4. The second kappa shape index (κ2) is 6.00. The van der Waals surface area contributed by atoms with Crippen molar-refractivity contribution in [2.45, 2.75) is 20.3 Å². The summed E-state index contributed by atoms with van der Waals surface area (Å²) in [7, 11) is 0. The molecule has 0 aliphatic heterocycles. The molecule has 1 amide bonds. The number of carbonyl (C=O) groups excluding carboxylic acids is 1. The van der Waals surface area contributed by atoms with E-state index >= 15 is 0 Å². The van der Waals surface area contributed by atoms with Gasteiger partial charge in [-0.25, -0.2) is 0 Å². The average molecular weight is 314 g/mol. The summed E-state index contributed by atoms with van der Waals surface area (Å²) in [4.78, 5) is 22.6. The first-order valence-electron chi connectivity index (χ1n) is 5.60. The molecule has 0 spiro atoms. The third-order valence-electron chi connectivity index (χ3n) is 2.72. The number of aliphatic carboxylic acids is 1. The maximum absolute atomic E-state index is 11.7. The SMILES string of the molecule is CC(C)(CCNC(=O)c1ccc(Br)cc1)C(=O)O. The van der Waals surface area contributed by atoms with Crippen LogP contribution in [0.4, 0.5) is 0 Å². The summed E-state index contributed by atoms with van der Waals surface area (Å²) in [5.41, 5.74) is -0.265. The molecule has 0 aliphatic rings. The Morgan fingerprint density at radius 1 is 1.28 bits per heavy atom. The van der Waals surface area contributed by atoms with E-state index in [4.69, 9.17) is 5.11 Å². The lowest BCUT2D eigenvalue weighted by Crippen LogP contribution is -2.31. The van der Waals surface area contributed by atoms with E-state index in [-0.39, 0.29) is 5.91 Å². The Hall–Kier alpha value is -1.36. The van der Waals surface area contributed by atoms with Crippen LogP contribution in [-0.4, -0.2) is 23.5 Å². The summed E-state index contributed by atoms with van der Waals surface area (Å²) >= 11 is 3.29. The number of hydrogen-bond acceptors (Lipinski definition) is 2. The maximum atomic E-state index is 11.7. The van der Waals surface area contributed by atoms with E-state index < -0.39 is 11.4 Å². The van der Waals surface area contributed by atoms with Gasteiger partial charge in [-0.2, -0.15) is 0 Å². The van der Waals surface area contributed by atoms with Crippen molar-refractivity contribution >= 4 is 27.8 Å². The Kier molecular flexibility index (Phi) is 4.90. The van der Waals surface area contributed by atoms with Crippen LogP contribution < -0.4 is 5.32 Å². The van der Waals surface area contributed by atoms with Gasteiger partial charge in [0.05, 0.1) is 5.41 Å². The number of halogens is 1. The van der Waals surface area contributed by atoms with Crippen LogP contribution in [0.1, 0.15) is 30.6 Å². The maximum Gasteiger partial charge on any atom is 0.309 e. The molecule has 2 N–H and O–H groups in total. The number of carboxylic acids is 1. The molecule has 4 nitrogen and oxygen atoms in total. The molecule has 1 rings (SSSR count). The summed E-state index contributed by atoms with van der Waals surface area (Å²) in [6.07, 6.45) is 0.393. The molecule has 18 heavy (non-hydrogen) atoms. The smallest absolute Gasteiger partial charge is 0.309 e. The third-order valence-corrected chi connectivity index (χ3v) is 3.25. The molecular weight excluding hydrogens is 298 g/mol. The van der Waals surface area contributed by atoms with Gasteiger partial charge in [-0.05, 0) is 44.5 Å². The molecule has 1 aromatic carbocycles. The van der Waals surface area contributed by atoms with Gasteiger partial charge in [0, 0.05) is 16.6 Å². The number of amides is 1. The molecule has 0 saturated carbocycles. The van der Waals surface area contributed by atoms with Crippen LogP contribution in [-0.2, 0) is 4.79 Å². The lowest BCUT2D eigenvalue weighted by Gasteiger charge is -2.18. The lowest BCUT2D eigenvalue weighted by molar-refractivity contribution is -0.147. The zero-order chi connectivity index (χ0) is 13.8. The van der Waals surface area contributed by atoms with Crippen molar-refractivity contribution in [3.63, 3.8) is 0 Å². The van der Waals surface area contributed by atoms with Crippen LogP contribution in [0.25, 0.3) is 0 Å². The molecule has 0 unspecified atom stereocenters. The molecule has 0 fully saturated rings. The van der Waals surface area contributed by atoms with Gasteiger partial charge in [-0.15, -0.1) is 0 Å². The van der Waals surface area contributed by atoms with Crippen LogP contribution in [0.15, 0.2) is 28.7 Å². The van der Waals surface area contributed by atoms with Gasteiger partial charge >= 0.3 is 5.97 Å². The van der Waals surface area contributed by atoms with E-state index in [0.717, 1.165) is 4.47 Å². The standard InChI is InChI=1S/C13H16BrNO3/c1-13(2,12(17)18)7-8-15-11(16)9-3-5-10(14)6-4-9/h3-6H,7-8H2,1-2H3,(H,15,16)(H,17,18). The van der Waals surface area contributed by atoms with Crippen LogP contribution in [0.2, 0.25) is 0 Å². The fraction of sp³-hybridized carbons (Fsp3) is 0.385. The van der Waals surface area contributed by atoms with E-state index in [1.165, 1.54) is 0 Å². The minimum Gasteiger partial charge on any atom is -0.481 e. The fourth-order valence-electron chi connectivity index (χ4n) is 1.30. The fourth-order valence-corrected chi connectivity index (χ4v) is 1.56. The summed E-state index contributed by atoms with van der Waals surface area (Å²) in [5, 5.41) is 11.6. The quantitative estimate of drug-likeness (QED) is 0.878. The van der Waals surface area contributed by atoms with Gasteiger partial charge in [0.1, 0.15) is 0 Å². The lowest BCUT2D eigenvalue weighted by atomic mass is 9.90. The Balaban J connectivity index is 2.47. The number of carboxylic acid groups (broad SMARTS) is 1. The molecule has 0 atom stereocenters. The van der Waals surface area contributed by atoms with Crippen molar-refractivity contribution in [3.8, 4) is 0 Å². The van der Waals surface area contributed by atoms with Crippen molar-refractivity contribution in [2.75, 3.05) is 6.54 Å². The molecule has 0 heterocycles. The minimum absolute atomic E-state index is 0.191. The normalized spacial score (nSPS) is 11.1. The van der Waals surface area contributed by atoms with Crippen molar-refractivity contribution in [3.05, 3.63) is 34.3 Å². The minimum atomic E-state index is -0.861. The van der Waals surface area contributed by atoms with Gasteiger partial charge in [-0.1, -0.05) is 15.9 Å². The predicted molar refractivity (Wildman–Crippen MR) is 72.5 cm³/mol. The average Bonchev–Trinajstić information content (AvgIpc) is 2.29. The van der Waals surface area contributed by atoms with E-state index in [0.29, 0.717) is 18.5 Å². The van der Waals surface area contributed by atoms with Crippen LogP contribution >= 0.6 is 15.9 Å². The third kappa shape index (κ3) is 4.14. The van der Waals surface area contributed by atoms with Crippen molar-refractivity contribution < 1.29 is 14.7 Å². The zero-order valence-corrected chi connectivity index (χ0v) is 12.0. The van der Waals surface area contributed by atoms with Crippen molar-refractivity contribution in [1.82, 2.24) is 5.32 Å². The first-order chi connectivity index (χ1) is 8.33. The van der Waals surface area contributed by atoms with Crippen molar-refractivity contribution in [1.29, 1.82) is 0 Å². The van der Waals surface area contributed by atoms with Gasteiger partial charge in [0.2, 0.25) is 0 Å². The van der Waals surface area contributed by atoms with E-state index in [2.05, 4.69) is 21.2 Å². The van der Waals surface area contributed by atoms with Gasteiger partial charge in [0.25, 0.3) is 5.91 Å². The number of benzene rings is 1. The summed E-state index contributed by atoms with van der Waals surface area (Å²) in [5.74, 6) is -1.05. The monoisotopic (exact) mass is 313 g/mol. The molecule has 0 radical (unpaired) electrons. The number of carbonyl (C=O) groups is 2. The number of hydrogen-bond donors (Lipinski definition) is 2. The van der Waals surface area contributed by atoms with Gasteiger partial charge in [0.15, 0.2) is 0 Å². The number of nitrogens with one attached hydrogen (secondary N) is 1. The molecule has 0 bridgehead atoms. The predicted octanol–water partition coefficient (Wildman–Crippen LogP) is 2.68. The van der Waals surface area contributed by atoms with Crippen LogP contribution in [0, 0.1) is 5.41 Å². The van der Waals surface area contributed by atoms with Gasteiger partial charge in [-0.3, -0.25) is 9.59 Å². The van der Waals surface area contributed by atoms with Crippen molar-refractivity contribution in [2.24, 2.45) is 5.41 Å². The Morgan fingerprint density at radius 3 is 2.33 bits per heavy atom. The molecule has 5 heteroatoms. The van der Waals surface area contributed by atoms with Crippen LogP contribution in [0.3, 0.4) is 0 Å². The van der Waals surface area contributed by atoms with E-state index in [1.807, 2.05) is 0 Å². The summed E-state index contributed by atoms with van der Waals surface area (Å²) < 4.78 is 0.908. The second-order valence-corrected chi connectivity index (χ2v) is 5.62. The van der Waals surface area contributed by atoms with Gasteiger partial charge < -0.3 is 10.4 Å².